The lowest BCUT2D eigenvalue weighted by atomic mass is 10.4. The largest absolute Gasteiger partial charge is 0.207 e. The average Bonchev–Trinajstić information content (AvgIpc) is 1.80. The lowest BCUT2D eigenvalue weighted by Crippen LogP contribution is -1.51. The fraction of sp³-hybridized carbons (Fsp3) is 0.125. The third-order valence-electron chi connectivity index (χ3n) is 0.625. The molecule has 0 aromatic carbocycles. The van der Waals surface area contributed by atoms with E-state index < -0.39 is 5.83 Å². The van der Waals surface area contributed by atoms with Crippen LogP contribution in [0.15, 0.2) is 42.4 Å². The quantitative estimate of drug-likeness (QED) is 0.392. The van der Waals surface area contributed by atoms with Gasteiger partial charge in [0.1, 0.15) is 5.83 Å². The Morgan fingerprint density at radius 2 is 2.33 bits per heavy atom. The third kappa shape index (κ3) is 6.93. The van der Waals surface area contributed by atoms with Gasteiger partial charge in [-0.05, 0) is 13.0 Å². The van der Waals surface area contributed by atoms with E-state index in [1.165, 1.54) is 6.08 Å². The Hall–Kier alpha value is -1.07. The molecule has 0 nitrogen and oxygen atoms in total. The summed E-state index contributed by atoms with van der Waals surface area (Å²) in [7, 11) is 0. The maximum absolute atomic E-state index is 11.8. The zero-order valence-electron chi connectivity index (χ0n) is 5.39. The van der Waals surface area contributed by atoms with Crippen LogP contribution in [0.2, 0.25) is 0 Å². The third-order valence-corrected chi connectivity index (χ3v) is 0.625. The second kappa shape index (κ2) is 5.07. The van der Waals surface area contributed by atoms with E-state index in [0.29, 0.717) is 0 Å². The summed E-state index contributed by atoms with van der Waals surface area (Å²) < 4.78 is 11.8. The summed E-state index contributed by atoms with van der Waals surface area (Å²) in [5.41, 5.74) is 2.57. The van der Waals surface area contributed by atoms with E-state index in [1.807, 2.05) is 13.0 Å². The minimum Gasteiger partial charge on any atom is -0.207 e. The molecule has 0 atom stereocenters. The Morgan fingerprint density at radius 3 is 2.78 bits per heavy atom. The zero-order chi connectivity index (χ0) is 7.11. The molecule has 48 valence electrons. The van der Waals surface area contributed by atoms with E-state index in [4.69, 9.17) is 0 Å². The highest BCUT2D eigenvalue weighted by atomic mass is 19.1. The van der Waals surface area contributed by atoms with Crippen molar-refractivity contribution < 1.29 is 4.39 Å². The monoisotopic (exact) mass is 124 g/mol. The highest BCUT2D eigenvalue weighted by Crippen LogP contribution is 1.89. The Labute approximate surface area is 54.7 Å². The van der Waals surface area contributed by atoms with E-state index in [1.54, 1.807) is 12.2 Å². The summed E-state index contributed by atoms with van der Waals surface area (Å²) in [6.07, 6.45) is 6.39. The number of hydrogen-bond acceptors (Lipinski definition) is 0. The van der Waals surface area contributed by atoms with E-state index in [0.717, 1.165) is 0 Å². The second-order valence-electron chi connectivity index (χ2n) is 1.45. The van der Waals surface area contributed by atoms with Crippen LogP contribution in [0.25, 0.3) is 0 Å². The standard InChI is InChI=1S/C8H9F/c1-3-4-5-6-7-8(2)9/h3-5,7H,2H2,1H3/b4-3-. The van der Waals surface area contributed by atoms with Crippen LogP contribution in [0.1, 0.15) is 6.92 Å². The van der Waals surface area contributed by atoms with E-state index in [9.17, 15) is 4.39 Å². The first-order valence-electron chi connectivity index (χ1n) is 2.65. The van der Waals surface area contributed by atoms with Gasteiger partial charge in [0.25, 0.3) is 0 Å². The van der Waals surface area contributed by atoms with Crippen molar-refractivity contribution in [2.45, 2.75) is 6.92 Å². The molecule has 0 rings (SSSR count). The molecule has 0 saturated carbocycles. The van der Waals surface area contributed by atoms with Gasteiger partial charge in [0.05, 0.1) is 0 Å². The van der Waals surface area contributed by atoms with Crippen LogP contribution in [-0.4, -0.2) is 0 Å². The molecule has 0 heterocycles. The van der Waals surface area contributed by atoms with Gasteiger partial charge in [-0.1, -0.05) is 18.7 Å². The van der Waals surface area contributed by atoms with Gasteiger partial charge in [-0.15, -0.1) is 5.73 Å². The number of hydrogen-bond donors (Lipinski definition) is 0. The highest BCUT2D eigenvalue weighted by molar-refractivity contribution is 5.09. The first-order valence-corrected chi connectivity index (χ1v) is 2.65. The molecule has 0 fully saturated rings. The zero-order valence-corrected chi connectivity index (χ0v) is 5.39. The van der Waals surface area contributed by atoms with Gasteiger partial charge in [-0.3, -0.25) is 0 Å². The molecule has 1 heteroatoms. The fourth-order valence-corrected chi connectivity index (χ4v) is 0.290. The van der Waals surface area contributed by atoms with Crippen LogP contribution >= 0.6 is 0 Å². The molecule has 0 aromatic rings. The maximum Gasteiger partial charge on any atom is 0.123 e. The lowest BCUT2D eigenvalue weighted by molar-refractivity contribution is 0.672. The van der Waals surface area contributed by atoms with Crippen LogP contribution < -0.4 is 0 Å². The van der Waals surface area contributed by atoms with Crippen molar-refractivity contribution in [3.05, 3.63) is 42.4 Å². The first-order chi connectivity index (χ1) is 4.27. The van der Waals surface area contributed by atoms with Crippen molar-refractivity contribution in [2.75, 3.05) is 0 Å². The molecule has 0 N–H and O–H groups in total. The topological polar surface area (TPSA) is 0 Å². The molecular weight excluding hydrogens is 115 g/mol. The van der Waals surface area contributed by atoms with Gasteiger partial charge >= 0.3 is 0 Å². The van der Waals surface area contributed by atoms with Crippen LogP contribution in [0.3, 0.4) is 0 Å². The molecule has 0 bridgehead atoms. The van der Waals surface area contributed by atoms with Gasteiger partial charge in [0.2, 0.25) is 0 Å². The smallest absolute Gasteiger partial charge is 0.123 e. The molecule has 0 aliphatic carbocycles. The molecule has 0 aromatic heterocycles. The van der Waals surface area contributed by atoms with Crippen LogP contribution in [0.5, 0.6) is 0 Å². The summed E-state index contributed by atoms with van der Waals surface area (Å²) in [4.78, 5) is 0. The predicted molar refractivity (Wildman–Crippen MR) is 37.7 cm³/mol. The Morgan fingerprint density at radius 1 is 1.67 bits per heavy atom. The minimum absolute atomic E-state index is 0.476. The Bertz CT molecular complexity index is 169. The first kappa shape index (κ1) is 7.93. The van der Waals surface area contributed by atoms with Crippen molar-refractivity contribution in [1.29, 1.82) is 0 Å². The number of allylic oxidation sites excluding steroid dienone is 4. The van der Waals surface area contributed by atoms with E-state index in [-0.39, 0.29) is 0 Å². The summed E-state index contributed by atoms with van der Waals surface area (Å²) in [6.45, 7) is 4.90. The normalized spacial score (nSPS) is 8.67. The summed E-state index contributed by atoms with van der Waals surface area (Å²) >= 11 is 0. The van der Waals surface area contributed by atoms with Crippen LogP contribution in [0, 0.1) is 0 Å². The maximum atomic E-state index is 11.8. The van der Waals surface area contributed by atoms with Gasteiger partial charge in [-0.25, -0.2) is 4.39 Å². The molecule has 9 heavy (non-hydrogen) atoms. The van der Waals surface area contributed by atoms with Crippen LogP contribution in [0.4, 0.5) is 4.39 Å². The van der Waals surface area contributed by atoms with Crippen LogP contribution in [-0.2, 0) is 0 Å². The summed E-state index contributed by atoms with van der Waals surface area (Å²) in [5, 5.41) is 0. The fourth-order valence-electron chi connectivity index (χ4n) is 0.290. The Kier molecular flexibility index (Phi) is 4.47. The van der Waals surface area contributed by atoms with Crippen molar-refractivity contribution in [3.8, 4) is 0 Å². The highest BCUT2D eigenvalue weighted by Gasteiger charge is 1.70. The molecule has 0 saturated heterocycles. The van der Waals surface area contributed by atoms with E-state index >= 15 is 0 Å². The van der Waals surface area contributed by atoms with Gasteiger partial charge in [0.15, 0.2) is 0 Å². The van der Waals surface area contributed by atoms with Crippen molar-refractivity contribution in [3.63, 3.8) is 0 Å². The summed E-state index contributed by atoms with van der Waals surface area (Å²) in [6, 6.07) is 0. The molecule has 0 radical (unpaired) electrons. The summed E-state index contributed by atoms with van der Waals surface area (Å²) in [5.74, 6) is -0.476. The molecular formula is C8H9F. The average molecular weight is 124 g/mol. The van der Waals surface area contributed by atoms with Crippen molar-refractivity contribution >= 4 is 0 Å². The molecule has 0 aliphatic rings. The van der Waals surface area contributed by atoms with Crippen molar-refractivity contribution in [2.24, 2.45) is 0 Å². The molecule has 0 unspecified atom stereocenters. The molecule has 0 aliphatic heterocycles. The van der Waals surface area contributed by atoms with Gasteiger partial charge in [0, 0.05) is 6.08 Å². The molecule has 0 amide bonds. The number of rotatable bonds is 2. The predicted octanol–water partition coefficient (Wildman–Crippen LogP) is 2.76. The van der Waals surface area contributed by atoms with E-state index in [2.05, 4.69) is 12.3 Å². The SMILES string of the molecule is C=C(F)C=C=C/C=C\C. The Balaban J connectivity index is 3.82. The minimum atomic E-state index is -0.476. The second-order valence-corrected chi connectivity index (χ2v) is 1.45. The van der Waals surface area contributed by atoms with Gasteiger partial charge < -0.3 is 0 Å². The van der Waals surface area contributed by atoms with Gasteiger partial charge in [-0.2, -0.15) is 0 Å². The number of halogens is 1. The lowest BCUT2D eigenvalue weighted by Gasteiger charge is -1.70. The molecule has 0 spiro atoms. The van der Waals surface area contributed by atoms with Crippen molar-refractivity contribution in [1.82, 2.24) is 0 Å².